The van der Waals surface area contributed by atoms with Gasteiger partial charge in [-0.3, -0.25) is 0 Å². The fourth-order valence-electron chi connectivity index (χ4n) is 2.05. The SMILES string of the molecule is CC(CC(F)(F)F)NCC1(C)CCNCC1. The van der Waals surface area contributed by atoms with E-state index in [9.17, 15) is 13.2 Å². The molecular formula is C11H21F3N2. The number of rotatable bonds is 4. The Labute approximate surface area is 95.0 Å². The summed E-state index contributed by atoms with van der Waals surface area (Å²) >= 11 is 0. The van der Waals surface area contributed by atoms with Crippen molar-refractivity contribution in [2.45, 2.75) is 45.3 Å². The molecular weight excluding hydrogens is 217 g/mol. The molecule has 2 nitrogen and oxygen atoms in total. The molecule has 1 aliphatic rings. The van der Waals surface area contributed by atoms with Crippen LogP contribution in [0.15, 0.2) is 0 Å². The van der Waals surface area contributed by atoms with Crippen LogP contribution in [0.5, 0.6) is 0 Å². The molecule has 0 aliphatic carbocycles. The highest BCUT2D eigenvalue weighted by Gasteiger charge is 2.32. The van der Waals surface area contributed by atoms with Crippen molar-refractivity contribution in [2.24, 2.45) is 5.41 Å². The Bertz CT molecular complexity index is 210. The van der Waals surface area contributed by atoms with Gasteiger partial charge in [0, 0.05) is 12.6 Å². The summed E-state index contributed by atoms with van der Waals surface area (Å²) in [7, 11) is 0. The molecule has 16 heavy (non-hydrogen) atoms. The van der Waals surface area contributed by atoms with Crippen molar-refractivity contribution in [3.63, 3.8) is 0 Å². The van der Waals surface area contributed by atoms with Crippen LogP contribution in [0.4, 0.5) is 13.2 Å². The predicted molar refractivity (Wildman–Crippen MR) is 58.3 cm³/mol. The van der Waals surface area contributed by atoms with E-state index in [0.29, 0.717) is 6.54 Å². The Hall–Kier alpha value is -0.290. The summed E-state index contributed by atoms with van der Waals surface area (Å²) in [6.07, 6.45) is -2.76. The third kappa shape index (κ3) is 5.16. The van der Waals surface area contributed by atoms with Crippen molar-refractivity contribution in [3.8, 4) is 0 Å². The molecule has 1 heterocycles. The van der Waals surface area contributed by atoms with E-state index in [-0.39, 0.29) is 5.41 Å². The number of nitrogens with one attached hydrogen (secondary N) is 2. The summed E-state index contributed by atoms with van der Waals surface area (Å²) in [5, 5.41) is 6.26. The molecule has 0 radical (unpaired) electrons. The lowest BCUT2D eigenvalue weighted by atomic mass is 9.81. The van der Waals surface area contributed by atoms with Crippen molar-refractivity contribution in [1.29, 1.82) is 0 Å². The van der Waals surface area contributed by atoms with E-state index < -0.39 is 18.6 Å². The lowest BCUT2D eigenvalue weighted by Gasteiger charge is -2.35. The molecule has 1 unspecified atom stereocenters. The standard InChI is InChI=1S/C11H21F3N2/c1-9(7-11(12,13)14)16-8-10(2)3-5-15-6-4-10/h9,15-16H,3-8H2,1-2H3. The van der Waals surface area contributed by atoms with E-state index in [1.807, 2.05) is 0 Å². The maximum atomic E-state index is 12.1. The van der Waals surface area contributed by atoms with Crippen molar-refractivity contribution in [1.82, 2.24) is 10.6 Å². The molecule has 1 saturated heterocycles. The van der Waals surface area contributed by atoms with E-state index in [4.69, 9.17) is 0 Å². The molecule has 0 spiro atoms. The smallest absolute Gasteiger partial charge is 0.317 e. The summed E-state index contributed by atoms with van der Waals surface area (Å²) in [6, 6.07) is -0.494. The Morgan fingerprint density at radius 2 is 1.88 bits per heavy atom. The molecule has 1 rings (SSSR count). The van der Waals surface area contributed by atoms with Crippen molar-refractivity contribution in [3.05, 3.63) is 0 Å². The molecule has 1 fully saturated rings. The van der Waals surface area contributed by atoms with Crippen molar-refractivity contribution < 1.29 is 13.2 Å². The second kappa shape index (κ2) is 5.36. The molecule has 0 bridgehead atoms. The second-order valence-corrected chi connectivity index (χ2v) is 5.16. The molecule has 1 atom stereocenters. The van der Waals surface area contributed by atoms with Gasteiger partial charge in [-0.2, -0.15) is 13.2 Å². The van der Waals surface area contributed by atoms with Crippen LogP contribution in [0.1, 0.15) is 33.1 Å². The van der Waals surface area contributed by atoms with Gasteiger partial charge < -0.3 is 10.6 Å². The van der Waals surface area contributed by atoms with E-state index in [1.165, 1.54) is 0 Å². The Morgan fingerprint density at radius 3 is 2.38 bits per heavy atom. The van der Waals surface area contributed by atoms with E-state index in [0.717, 1.165) is 25.9 Å². The summed E-state index contributed by atoms with van der Waals surface area (Å²) in [4.78, 5) is 0. The molecule has 0 amide bonds. The fourth-order valence-corrected chi connectivity index (χ4v) is 2.05. The number of halogens is 3. The Morgan fingerprint density at radius 1 is 1.31 bits per heavy atom. The average molecular weight is 238 g/mol. The monoisotopic (exact) mass is 238 g/mol. The van der Waals surface area contributed by atoms with Gasteiger partial charge in [-0.15, -0.1) is 0 Å². The zero-order valence-electron chi connectivity index (χ0n) is 9.95. The van der Waals surface area contributed by atoms with Crippen LogP contribution in [-0.2, 0) is 0 Å². The van der Waals surface area contributed by atoms with Gasteiger partial charge in [-0.05, 0) is 38.3 Å². The van der Waals surface area contributed by atoms with Crippen LogP contribution in [0.2, 0.25) is 0 Å². The molecule has 0 aromatic carbocycles. The van der Waals surface area contributed by atoms with Gasteiger partial charge in [0.1, 0.15) is 0 Å². The van der Waals surface area contributed by atoms with Crippen LogP contribution in [-0.4, -0.2) is 31.9 Å². The average Bonchev–Trinajstić information content (AvgIpc) is 2.14. The Balaban J connectivity index is 2.27. The first-order chi connectivity index (χ1) is 7.31. The zero-order chi connectivity index (χ0) is 12.2. The van der Waals surface area contributed by atoms with Crippen molar-refractivity contribution in [2.75, 3.05) is 19.6 Å². The molecule has 0 saturated carbocycles. The molecule has 2 N–H and O–H groups in total. The number of alkyl halides is 3. The lowest BCUT2D eigenvalue weighted by Crippen LogP contribution is -2.44. The first kappa shape index (κ1) is 13.8. The number of hydrogen-bond donors (Lipinski definition) is 2. The van der Waals surface area contributed by atoms with E-state index in [2.05, 4.69) is 17.6 Å². The summed E-state index contributed by atoms with van der Waals surface area (Å²) in [5.74, 6) is 0. The van der Waals surface area contributed by atoms with Crippen molar-refractivity contribution >= 4 is 0 Å². The largest absolute Gasteiger partial charge is 0.390 e. The maximum absolute atomic E-state index is 12.1. The minimum absolute atomic E-state index is 0.144. The van der Waals surface area contributed by atoms with Gasteiger partial charge in [0.25, 0.3) is 0 Å². The van der Waals surface area contributed by atoms with Crippen LogP contribution in [0, 0.1) is 5.41 Å². The molecule has 5 heteroatoms. The lowest BCUT2D eigenvalue weighted by molar-refractivity contribution is -0.139. The fraction of sp³-hybridized carbons (Fsp3) is 1.00. The van der Waals surface area contributed by atoms with E-state index >= 15 is 0 Å². The number of hydrogen-bond acceptors (Lipinski definition) is 2. The molecule has 0 aromatic rings. The first-order valence-electron chi connectivity index (χ1n) is 5.82. The normalized spacial score (nSPS) is 23.1. The Kier molecular flexibility index (Phi) is 4.62. The van der Waals surface area contributed by atoms with Gasteiger partial charge in [0.15, 0.2) is 0 Å². The summed E-state index contributed by atoms with van der Waals surface area (Å²) in [6.45, 7) is 6.34. The third-order valence-electron chi connectivity index (χ3n) is 3.23. The highest BCUT2D eigenvalue weighted by Crippen LogP contribution is 2.27. The quantitative estimate of drug-likeness (QED) is 0.785. The second-order valence-electron chi connectivity index (χ2n) is 5.16. The van der Waals surface area contributed by atoms with Gasteiger partial charge in [0.2, 0.25) is 0 Å². The van der Waals surface area contributed by atoms with Crippen LogP contribution >= 0.6 is 0 Å². The number of piperidine rings is 1. The summed E-state index contributed by atoms with van der Waals surface area (Å²) < 4.78 is 36.4. The van der Waals surface area contributed by atoms with Gasteiger partial charge in [-0.25, -0.2) is 0 Å². The van der Waals surface area contributed by atoms with E-state index in [1.54, 1.807) is 6.92 Å². The highest BCUT2D eigenvalue weighted by molar-refractivity contribution is 4.83. The minimum Gasteiger partial charge on any atom is -0.317 e. The van der Waals surface area contributed by atoms with Gasteiger partial charge >= 0.3 is 6.18 Å². The minimum atomic E-state index is -4.07. The van der Waals surface area contributed by atoms with Gasteiger partial charge in [0.05, 0.1) is 6.42 Å². The molecule has 0 aromatic heterocycles. The molecule has 96 valence electrons. The molecule has 1 aliphatic heterocycles. The zero-order valence-corrected chi connectivity index (χ0v) is 9.95. The summed E-state index contributed by atoms with van der Waals surface area (Å²) in [5.41, 5.74) is 0.144. The topological polar surface area (TPSA) is 24.1 Å². The predicted octanol–water partition coefficient (Wildman–Crippen LogP) is 2.31. The highest BCUT2D eigenvalue weighted by atomic mass is 19.4. The van der Waals surface area contributed by atoms with Crippen LogP contribution < -0.4 is 10.6 Å². The van der Waals surface area contributed by atoms with Crippen LogP contribution in [0.3, 0.4) is 0 Å². The maximum Gasteiger partial charge on any atom is 0.390 e. The van der Waals surface area contributed by atoms with Crippen LogP contribution in [0.25, 0.3) is 0 Å². The first-order valence-corrected chi connectivity index (χ1v) is 5.82. The third-order valence-corrected chi connectivity index (χ3v) is 3.23. The van der Waals surface area contributed by atoms with Gasteiger partial charge in [-0.1, -0.05) is 6.92 Å².